The lowest BCUT2D eigenvalue weighted by atomic mass is 10.0. The number of allylic oxidation sites excluding steroid dienone is 1. The molecule has 0 unspecified atom stereocenters. The maximum Gasteiger partial charge on any atom is 0.187 e. The van der Waals surface area contributed by atoms with Crippen molar-refractivity contribution in [1.29, 1.82) is 0 Å². The van der Waals surface area contributed by atoms with Gasteiger partial charge < -0.3 is 10.1 Å². The van der Waals surface area contributed by atoms with Crippen LogP contribution >= 0.6 is 12.2 Å². The average Bonchev–Trinajstić information content (AvgIpc) is 3.12. The smallest absolute Gasteiger partial charge is 0.187 e. The quantitative estimate of drug-likeness (QED) is 0.380. The van der Waals surface area contributed by atoms with Crippen LogP contribution in [0.25, 0.3) is 0 Å². The van der Waals surface area contributed by atoms with E-state index in [1.165, 1.54) is 12.8 Å². The van der Waals surface area contributed by atoms with E-state index in [1.54, 1.807) is 6.21 Å². The number of benzene rings is 1. The van der Waals surface area contributed by atoms with Crippen molar-refractivity contribution in [2.45, 2.75) is 25.8 Å². The number of rotatable bonds is 5. The lowest BCUT2D eigenvalue weighted by molar-refractivity contribution is 0.340. The minimum absolute atomic E-state index is 0.454. The second-order valence-electron chi connectivity index (χ2n) is 5.73. The molecule has 2 bridgehead atoms. The first-order valence-electron chi connectivity index (χ1n) is 7.75. The molecule has 116 valence electrons. The van der Waals surface area contributed by atoms with Gasteiger partial charge in [0.2, 0.25) is 0 Å². The first-order chi connectivity index (χ1) is 10.7. The van der Waals surface area contributed by atoms with Gasteiger partial charge in [-0.2, -0.15) is 5.10 Å². The van der Waals surface area contributed by atoms with Gasteiger partial charge in [-0.25, -0.2) is 0 Å². The summed E-state index contributed by atoms with van der Waals surface area (Å²) in [7, 11) is 0. The number of ether oxygens (including phenoxy) is 1. The molecule has 3 rings (SSSR count). The summed E-state index contributed by atoms with van der Waals surface area (Å²) in [6, 6.07) is 8.25. The normalized spacial score (nSPS) is 25.6. The Morgan fingerprint density at radius 3 is 2.77 bits per heavy atom. The summed E-state index contributed by atoms with van der Waals surface area (Å²) in [4.78, 5) is 0. The predicted molar refractivity (Wildman–Crippen MR) is 93.2 cm³/mol. The van der Waals surface area contributed by atoms with E-state index in [-0.39, 0.29) is 0 Å². The maximum atomic E-state index is 5.41. The molecule has 2 aliphatic carbocycles. The molecule has 0 aromatic heterocycles. The molecule has 1 saturated carbocycles. The van der Waals surface area contributed by atoms with Gasteiger partial charge in [-0.1, -0.05) is 12.2 Å². The Kier molecular flexibility index (Phi) is 4.73. The third kappa shape index (κ3) is 3.65. The van der Waals surface area contributed by atoms with Crippen molar-refractivity contribution in [3.05, 3.63) is 42.0 Å². The van der Waals surface area contributed by atoms with E-state index < -0.39 is 0 Å². The van der Waals surface area contributed by atoms with Crippen molar-refractivity contribution in [3.8, 4) is 5.75 Å². The minimum atomic E-state index is 0.454. The molecular formula is C17H21N3OS. The van der Waals surface area contributed by atoms with Gasteiger partial charge in [0.1, 0.15) is 5.75 Å². The summed E-state index contributed by atoms with van der Waals surface area (Å²) in [5, 5.41) is 8.13. The van der Waals surface area contributed by atoms with E-state index >= 15 is 0 Å². The van der Waals surface area contributed by atoms with Crippen molar-refractivity contribution in [1.82, 2.24) is 10.7 Å². The highest BCUT2D eigenvalue weighted by atomic mass is 32.1. The minimum Gasteiger partial charge on any atom is -0.494 e. The van der Waals surface area contributed by atoms with Crippen LogP contribution in [0.5, 0.6) is 5.75 Å². The second-order valence-corrected chi connectivity index (χ2v) is 6.14. The molecule has 0 radical (unpaired) electrons. The van der Waals surface area contributed by atoms with Crippen LogP contribution in [0, 0.1) is 11.8 Å². The molecule has 0 amide bonds. The number of hydrazone groups is 1. The fourth-order valence-corrected chi connectivity index (χ4v) is 3.33. The molecule has 0 heterocycles. The lowest BCUT2D eigenvalue weighted by Gasteiger charge is -2.20. The molecule has 1 aromatic rings. The van der Waals surface area contributed by atoms with E-state index in [2.05, 4.69) is 28.0 Å². The Bertz CT molecular complexity index is 582. The van der Waals surface area contributed by atoms with Gasteiger partial charge in [0.25, 0.3) is 0 Å². The van der Waals surface area contributed by atoms with Crippen LogP contribution in [0.3, 0.4) is 0 Å². The van der Waals surface area contributed by atoms with E-state index in [1.807, 2.05) is 31.2 Å². The van der Waals surface area contributed by atoms with Crippen LogP contribution in [-0.2, 0) is 0 Å². The zero-order valence-corrected chi connectivity index (χ0v) is 13.5. The molecule has 0 saturated heterocycles. The van der Waals surface area contributed by atoms with Crippen LogP contribution in [0.1, 0.15) is 25.3 Å². The molecule has 1 fully saturated rings. The molecule has 2 N–H and O–H groups in total. The molecule has 0 spiro atoms. The monoisotopic (exact) mass is 315 g/mol. The first kappa shape index (κ1) is 15.0. The zero-order chi connectivity index (χ0) is 15.4. The first-order valence-corrected chi connectivity index (χ1v) is 8.16. The van der Waals surface area contributed by atoms with Gasteiger partial charge in [-0.05, 0) is 73.6 Å². The number of nitrogens with one attached hydrogen (secondary N) is 2. The summed E-state index contributed by atoms with van der Waals surface area (Å²) in [6.07, 6.45) is 8.81. The highest BCUT2D eigenvalue weighted by molar-refractivity contribution is 7.80. The van der Waals surface area contributed by atoms with Crippen LogP contribution in [0.2, 0.25) is 0 Å². The second kappa shape index (κ2) is 6.92. The van der Waals surface area contributed by atoms with Crippen LogP contribution < -0.4 is 15.5 Å². The topological polar surface area (TPSA) is 45.6 Å². The van der Waals surface area contributed by atoms with E-state index in [9.17, 15) is 0 Å². The Morgan fingerprint density at radius 1 is 1.32 bits per heavy atom. The lowest BCUT2D eigenvalue weighted by Crippen LogP contribution is -2.42. The molecular weight excluding hydrogens is 294 g/mol. The number of hydrogen-bond donors (Lipinski definition) is 2. The van der Waals surface area contributed by atoms with Crippen molar-refractivity contribution in [2.24, 2.45) is 16.9 Å². The van der Waals surface area contributed by atoms with Gasteiger partial charge in [-0.3, -0.25) is 5.43 Å². The summed E-state index contributed by atoms with van der Waals surface area (Å²) in [5.74, 6) is 2.23. The van der Waals surface area contributed by atoms with E-state index in [0.29, 0.717) is 23.7 Å². The van der Waals surface area contributed by atoms with E-state index in [0.717, 1.165) is 17.2 Å². The fraction of sp³-hybridized carbons (Fsp3) is 0.412. The Labute approximate surface area is 136 Å². The number of nitrogens with zero attached hydrogens (tertiary/aromatic N) is 1. The largest absolute Gasteiger partial charge is 0.494 e. The van der Waals surface area contributed by atoms with Crippen LogP contribution in [-0.4, -0.2) is 24.0 Å². The third-order valence-corrected chi connectivity index (χ3v) is 4.38. The van der Waals surface area contributed by atoms with Gasteiger partial charge in [0, 0.05) is 6.04 Å². The number of thiocarbonyl (C=S) groups is 1. The predicted octanol–water partition coefficient (Wildman–Crippen LogP) is 2.85. The molecule has 3 atom stereocenters. The Morgan fingerprint density at radius 2 is 2.14 bits per heavy atom. The van der Waals surface area contributed by atoms with E-state index in [4.69, 9.17) is 17.0 Å². The van der Waals surface area contributed by atoms with Gasteiger partial charge in [-0.15, -0.1) is 0 Å². The summed E-state index contributed by atoms with van der Waals surface area (Å²) < 4.78 is 5.41. The van der Waals surface area contributed by atoms with Gasteiger partial charge >= 0.3 is 0 Å². The van der Waals surface area contributed by atoms with Crippen molar-refractivity contribution < 1.29 is 4.74 Å². The van der Waals surface area contributed by atoms with Crippen LogP contribution in [0.4, 0.5) is 0 Å². The number of hydrogen-bond acceptors (Lipinski definition) is 3. The Hall–Kier alpha value is -1.88. The molecule has 4 nitrogen and oxygen atoms in total. The molecule has 2 aliphatic rings. The average molecular weight is 315 g/mol. The molecule has 5 heteroatoms. The van der Waals surface area contributed by atoms with Crippen molar-refractivity contribution in [3.63, 3.8) is 0 Å². The fourth-order valence-electron chi connectivity index (χ4n) is 3.13. The summed E-state index contributed by atoms with van der Waals surface area (Å²) in [6.45, 7) is 2.65. The van der Waals surface area contributed by atoms with Gasteiger partial charge in [0.15, 0.2) is 5.11 Å². The molecule has 22 heavy (non-hydrogen) atoms. The van der Waals surface area contributed by atoms with Crippen LogP contribution in [0.15, 0.2) is 41.5 Å². The summed E-state index contributed by atoms with van der Waals surface area (Å²) >= 11 is 5.30. The Balaban J connectivity index is 1.45. The number of fused-ring (bicyclic) bond motifs is 2. The van der Waals surface area contributed by atoms with Gasteiger partial charge in [0.05, 0.1) is 12.8 Å². The molecule has 0 aliphatic heterocycles. The SMILES string of the molecule is CCOc1ccc(/C=N\NC(=S)N[C@H]2C[C@@H]3C=C[C@@H]2C3)cc1. The van der Waals surface area contributed by atoms with Crippen molar-refractivity contribution in [2.75, 3.05) is 6.61 Å². The zero-order valence-electron chi connectivity index (χ0n) is 12.7. The maximum absolute atomic E-state index is 5.41. The standard InChI is InChI=1S/C17H21N3OS/c1-2-21-15-7-4-12(5-8-15)11-18-20-17(22)19-16-10-13-3-6-14(16)9-13/h3-8,11,13-14,16H,2,9-10H2,1H3,(H2,19,20,22)/b18-11-/t13-,14-,16+/m1/s1. The van der Waals surface area contributed by atoms with Crippen molar-refractivity contribution >= 4 is 23.5 Å². The highest BCUT2D eigenvalue weighted by Gasteiger charge is 2.35. The highest BCUT2D eigenvalue weighted by Crippen LogP contribution is 2.38. The molecule has 1 aromatic carbocycles. The third-order valence-electron chi connectivity index (χ3n) is 4.17. The summed E-state index contributed by atoms with van der Waals surface area (Å²) in [5.41, 5.74) is 3.89.